The van der Waals surface area contributed by atoms with Crippen LogP contribution in [0.25, 0.3) is 0 Å². The van der Waals surface area contributed by atoms with Crippen molar-refractivity contribution in [3.63, 3.8) is 0 Å². The summed E-state index contributed by atoms with van der Waals surface area (Å²) in [4.78, 5) is 24.1. The largest absolute Gasteiger partial charge is 0.452 e. The van der Waals surface area contributed by atoms with Crippen molar-refractivity contribution in [1.82, 2.24) is 14.5 Å². The van der Waals surface area contributed by atoms with Crippen LogP contribution in [-0.2, 0) is 26.6 Å². The second-order valence-electron chi connectivity index (χ2n) is 5.82. The maximum absolute atomic E-state index is 12.0. The van der Waals surface area contributed by atoms with Gasteiger partial charge in [-0.15, -0.1) is 0 Å². The molecule has 0 radical (unpaired) electrons. The molecule has 146 valence electrons. The minimum atomic E-state index is -3.59. The molecule has 2 N–H and O–H groups in total. The van der Waals surface area contributed by atoms with Crippen molar-refractivity contribution in [2.75, 3.05) is 18.5 Å². The van der Waals surface area contributed by atoms with E-state index in [9.17, 15) is 18.0 Å². The Morgan fingerprint density at radius 1 is 1.19 bits per heavy atom. The van der Waals surface area contributed by atoms with Crippen LogP contribution in [0.5, 0.6) is 0 Å². The predicted octanol–water partition coefficient (Wildman–Crippen LogP) is 1.13. The second kappa shape index (κ2) is 8.31. The number of ether oxygens (including phenoxy) is 1. The van der Waals surface area contributed by atoms with Crippen LogP contribution < -0.4 is 10.0 Å². The molecule has 0 saturated carbocycles. The van der Waals surface area contributed by atoms with Gasteiger partial charge >= 0.3 is 5.97 Å². The Kier molecular flexibility index (Phi) is 6.34. The number of nitrogens with zero attached hydrogens (tertiary/aromatic N) is 2. The predicted molar refractivity (Wildman–Crippen MR) is 98.9 cm³/mol. The van der Waals surface area contributed by atoms with E-state index in [1.54, 1.807) is 25.6 Å². The number of hydrogen-bond donors (Lipinski definition) is 2. The molecule has 2 aromatic rings. The monoisotopic (exact) mass is 394 g/mol. The van der Waals surface area contributed by atoms with E-state index < -0.39 is 28.5 Å². The zero-order valence-corrected chi connectivity index (χ0v) is 16.4. The Morgan fingerprint density at radius 3 is 2.33 bits per heavy atom. The first-order chi connectivity index (χ1) is 12.7. The van der Waals surface area contributed by atoms with Crippen LogP contribution in [0.15, 0.2) is 29.2 Å². The summed E-state index contributed by atoms with van der Waals surface area (Å²) in [5, 5.41) is 6.85. The number of esters is 1. The van der Waals surface area contributed by atoms with E-state index in [2.05, 4.69) is 15.1 Å². The van der Waals surface area contributed by atoms with Gasteiger partial charge in [-0.1, -0.05) is 6.92 Å². The van der Waals surface area contributed by atoms with Crippen molar-refractivity contribution in [3.8, 4) is 0 Å². The van der Waals surface area contributed by atoms with E-state index in [0.29, 0.717) is 11.4 Å². The highest BCUT2D eigenvalue weighted by molar-refractivity contribution is 7.89. The number of sulfonamides is 1. The Morgan fingerprint density at radius 2 is 1.81 bits per heavy atom. The number of aromatic nitrogens is 2. The summed E-state index contributed by atoms with van der Waals surface area (Å²) in [5.41, 5.74) is 2.17. The van der Waals surface area contributed by atoms with Crippen LogP contribution in [0, 0.1) is 13.8 Å². The van der Waals surface area contributed by atoms with Crippen LogP contribution >= 0.6 is 0 Å². The highest BCUT2D eigenvalue weighted by Gasteiger charge is 2.16. The molecule has 2 rings (SSSR count). The molecule has 0 unspecified atom stereocenters. The van der Waals surface area contributed by atoms with E-state index in [1.807, 2.05) is 6.92 Å². The highest BCUT2D eigenvalue weighted by Crippen LogP contribution is 2.18. The summed E-state index contributed by atoms with van der Waals surface area (Å²) in [6.45, 7) is 5.03. The molecule has 27 heavy (non-hydrogen) atoms. The van der Waals surface area contributed by atoms with Gasteiger partial charge in [-0.25, -0.2) is 17.9 Å². The number of aryl methyl sites for hydroxylation is 2. The topological polar surface area (TPSA) is 119 Å². The highest BCUT2D eigenvalue weighted by atomic mass is 32.2. The first-order valence-electron chi connectivity index (χ1n) is 8.22. The first-order valence-corrected chi connectivity index (χ1v) is 9.71. The number of nitrogens with one attached hydrogen (secondary N) is 2. The molecular weight excluding hydrogens is 372 g/mol. The van der Waals surface area contributed by atoms with Gasteiger partial charge in [0.25, 0.3) is 5.91 Å². The SMILES string of the molecule is CCNS(=O)(=O)c1ccc(C(=O)OCC(=O)Nc2c(C)nn(C)c2C)cc1. The number of benzene rings is 1. The van der Waals surface area contributed by atoms with Gasteiger partial charge in [0, 0.05) is 13.6 Å². The van der Waals surface area contributed by atoms with Gasteiger partial charge < -0.3 is 10.1 Å². The third-order valence-electron chi connectivity index (χ3n) is 3.84. The summed E-state index contributed by atoms with van der Waals surface area (Å²) >= 11 is 0. The molecule has 1 amide bonds. The smallest absolute Gasteiger partial charge is 0.338 e. The van der Waals surface area contributed by atoms with Crippen molar-refractivity contribution in [2.24, 2.45) is 7.05 Å². The Labute approximate surface area is 157 Å². The number of carbonyl (C=O) groups excluding carboxylic acids is 2. The molecule has 0 aliphatic rings. The standard InChI is InChI=1S/C17H22N4O5S/c1-5-18-27(24,25)14-8-6-13(7-9-14)17(23)26-10-15(22)19-16-11(2)20-21(4)12(16)3/h6-9,18H,5,10H2,1-4H3,(H,19,22). The molecule has 0 fully saturated rings. The normalized spacial score (nSPS) is 11.3. The Hall–Kier alpha value is -2.72. The van der Waals surface area contributed by atoms with Gasteiger partial charge in [-0.2, -0.15) is 5.10 Å². The van der Waals surface area contributed by atoms with E-state index >= 15 is 0 Å². The average molecular weight is 394 g/mol. The maximum atomic E-state index is 12.0. The van der Waals surface area contributed by atoms with Crippen molar-refractivity contribution in [1.29, 1.82) is 0 Å². The fraction of sp³-hybridized carbons (Fsp3) is 0.353. The summed E-state index contributed by atoms with van der Waals surface area (Å²) in [7, 11) is -1.83. The lowest BCUT2D eigenvalue weighted by atomic mass is 10.2. The molecule has 1 heterocycles. The fourth-order valence-corrected chi connectivity index (χ4v) is 3.43. The van der Waals surface area contributed by atoms with Gasteiger partial charge in [0.15, 0.2) is 6.61 Å². The molecule has 9 nitrogen and oxygen atoms in total. The molecule has 1 aromatic heterocycles. The molecule has 0 saturated heterocycles. The van der Waals surface area contributed by atoms with Crippen LogP contribution in [0.3, 0.4) is 0 Å². The molecule has 10 heteroatoms. The van der Waals surface area contributed by atoms with Gasteiger partial charge in [0.1, 0.15) is 0 Å². The number of amides is 1. The first kappa shape index (κ1) is 20.6. The van der Waals surface area contributed by atoms with Gasteiger partial charge in [0.05, 0.1) is 27.5 Å². The molecule has 0 spiro atoms. The minimum Gasteiger partial charge on any atom is -0.452 e. The van der Waals surface area contributed by atoms with Crippen LogP contribution in [0.2, 0.25) is 0 Å². The van der Waals surface area contributed by atoms with Gasteiger partial charge in [-0.3, -0.25) is 9.48 Å². The van der Waals surface area contributed by atoms with Crippen LogP contribution in [0.4, 0.5) is 5.69 Å². The number of hydrogen-bond acceptors (Lipinski definition) is 6. The van der Waals surface area contributed by atoms with Crippen LogP contribution in [0.1, 0.15) is 28.7 Å². The third-order valence-corrected chi connectivity index (χ3v) is 5.40. The molecule has 0 atom stereocenters. The summed E-state index contributed by atoms with van der Waals surface area (Å²) in [6, 6.07) is 5.27. The Balaban J connectivity index is 1.96. The zero-order chi connectivity index (χ0) is 20.2. The van der Waals surface area contributed by atoms with Crippen molar-refractivity contribution in [3.05, 3.63) is 41.2 Å². The van der Waals surface area contributed by atoms with E-state index in [-0.39, 0.29) is 17.0 Å². The van der Waals surface area contributed by atoms with Gasteiger partial charge in [-0.05, 0) is 38.1 Å². The van der Waals surface area contributed by atoms with Crippen molar-refractivity contribution in [2.45, 2.75) is 25.7 Å². The number of rotatable bonds is 7. The third kappa shape index (κ3) is 4.92. The molecule has 0 aliphatic carbocycles. The lowest BCUT2D eigenvalue weighted by Gasteiger charge is -2.08. The van der Waals surface area contributed by atoms with Gasteiger partial charge in [0.2, 0.25) is 10.0 Å². The lowest BCUT2D eigenvalue weighted by molar-refractivity contribution is -0.119. The summed E-state index contributed by atoms with van der Waals surface area (Å²) in [6.07, 6.45) is 0. The minimum absolute atomic E-state index is 0.0428. The number of anilines is 1. The average Bonchev–Trinajstić information content (AvgIpc) is 2.86. The summed E-state index contributed by atoms with van der Waals surface area (Å²) < 4.78 is 32.7. The van der Waals surface area contributed by atoms with Crippen molar-refractivity contribution >= 4 is 27.6 Å². The molecule has 1 aromatic carbocycles. The van der Waals surface area contributed by atoms with E-state index in [4.69, 9.17) is 4.74 Å². The van der Waals surface area contributed by atoms with E-state index in [0.717, 1.165) is 5.69 Å². The molecular formula is C17H22N4O5S. The molecule has 0 bridgehead atoms. The summed E-state index contributed by atoms with van der Waals surface area (Å²) in [5.74, 6) is -1.22. The molecule has 0 aliphatic heterocycles. The quantitative estimate of drug-likeness (QED) is 0.680. The van der Waals surface area contributed by atoms with Crippen molar-refractivity contribution < 1.29 is 22.7 Å². The maximum Gasteiger partial charge on any atom is 0.338 e. The number of carbonyl (C=O) groups is 2. The fourth-order valence-electron chi connectivity index (χ4n) is 2.39. The Bertz CT molecular complexity index is 948. The zero-order valence-electron chi connectivity index (χ0n) is 15.6. The second-order valence-corrected chi connectivity index (χ2v) is 7.59. The van der Waals surface area contributed by atoms with E-state index in [1.165, 1.54) is 24.3 Å². The lowest BCUT2D eigenvalue weighted by Crippen LogP contribution is -2.23. The van der Waals surface area contributed by atoms with Crippen LogP contribution in [-0.4, -0.2) is 43.2 Å².